The summed E-state index contributed by atoms with van der Waals surface area (Å²) in [5.74, 6) is 0.448. The van der Waals surface area contributed by atoms with Crippen LogP contribution in [0.2, 0.25) is 0 Å². The second-order valence-corrected chi connectivity index (χ2v) is 16.1. The van der Waals surface area contributed by atoms with Crippen molar-refractivity contribution in [3.05, 3.63) is 186 Å². The van der Waals surface area contributed by atoms with Crippen molar-refractivity contribution in [3.8, 4) is 44.5 Å². The highest BCUT2D eigenvalue weighted by molar-refractivity contribution is 6.25. The van der Waals surface area contributed by atoms with Crippen molar-refractivity contribution in [2.75, 3.05) is 0 Å². The summed E-state index contributed by atoms with van der Waals surface area (Å²) in [6, 6.07) is 59.3. The normalized spacial score (nSPS) is 15.5. The summed E-state index contributed by atoms with van der Waals surface area (Å²) in [4.78, 5) is 0. The lowest BCUT2D eigenvalue weighted by atomic mass is 9.75. The van der Waals surface area contributed by atoms with E-state index in [0.29, 0.717) is 5.92 Å². The molecule has 0 aromatic heterocycles. The fraction of sp³-hybridized carbons (Fsp3) is 0.111. The Morgan fingerprint density at radius 2 is 0.963 bits per heavy atom. The van der Waals surface area contributed by atoms with E-state index in [1.807, 2.05) is 0 Å². The number of hydrogen-bond donors (Lipinski definition) is 0. The van der Waals surface area contributed by atoms with Gasteiger partial charge in [0.15, 0.2) is 0 Å². The lowest BCUT2D eigenvalue weighted by molar-refractivity contribution is 0.660. The maximum atomic E-state index is 2.52. The molecule has 0 N–H and O–H groups in total. The topological polar surface area (TPSA) is 0 Å². The van der Waals surface area contributed by atoms with Crippen molar-refractivity contribution in [1.82, 2.24) is 0 Å². The average Bonchev–Trinajstić information content (AvgIpc) is 3.44. The van der Waals surface area contributed by atoms with Crippen molar-refractivity contribution >= 4 is 49.2 Å². The first-order chi connectivity index (χ1) is 26.5. The third-order valence-corrected chi connectivity index (χ3v) is 12.6. The summed E-state index contributed by atoms with van der Waals surface area (Å²) in [6.07, 6.45) is 5.88. The molecule has 0 aliphatic heterocycles. The van der Waals surface area contributed by atoms with Gasteiger partial charge in [0.2, 0.25) is 0 Å². The third kappa shape index (κ3) is 4.44. The standard InChI is InChI=1S/C54H40/c1-33-24-28-46-47(30-33)51(37-27-29-39-38-16-12-13-23-48(38)54(2,3)49(39)32-37)42-19-8-11-22-45(42)53(46)52-43-20-9-6-17-40(43)50(41-18-7-10-21-44(41)52)36-26-25-34-14-4-5-15-35(34)31-36/h4-29,31-33H,30H2,1-3H3. The quantitative estimate of drug-likeness (QED) is 0.162. The summed E-state index contributed by atoms with van der Waals surface area (Å²) in [5.41, 5.74) is 16.3. The molecule has 11 rings (SSSR count). The van der Waals surface area contributed by atoms with E-state index >= 15 is 0 Å². The van der Waals surface area contributed by atoms with E-state index in [2.05, 4.69) is 191 Å². The average molecular weight is 689 g/mol. The summed E-state index contributed by atoms with van der Waals surface area (Å²) in [6.45, 7) is 7.14. The van der Waals surface area contributed by atoms with Gasteiger partial charge in [0.25, 0.3) is 0 Å². The number of benzene rings is 9. The van der Waals surface area contributed by atoms with Gasteiger partial charge in [-0.25, -0.2) is 0 Å². The molecule has 0 spiro atoms. The Labute approximate surface area is 317 Å². The van der Waals surface area contributed by atoms with Gasteiger partial charge in [-0.15, -0.1) is 0 Å². The molecule has 0 heteroatoms. The van der Waals surface area contributed by atoms with Crippen LogP contribution in [0.15, 0.2) is 164 Å². The van der Waals surface area contributed by atoms with Crippen molar-refractivity contribution in [2.45, 2.75) is 32.6 Å². The van der Waals surface area contributed by atoms with Crippen LogP contribution in [0.25, 0.3) is 93.7 Å². The van der Waals surface area contributed by atoms with Crippen molar-refractivity contribution in [1.29, 1.82) is 0 Å². The molecule has 1 unspecified atom stereocenters. The van der Waals surface area contributed by atoms with Crippen LogP contribution in [-0.2, 0) is 11.8 Å². The molecule has 0 saturated heterocycles. The zero-order chi connectivity index (χ0) is 36.1. The van der Waals surface area contributed by atoms with Gasteiger partial charge in [0.05, 0.1) is 0 Å². The van der Waals surface area contributed by atoms with Gasteiger partial charge in [-0.1, -0.05) is 179 Å². The van der Waals surface area contributed by atoms with E-state index in [1.54, 1.807) is 0 Å². The van der Waals surface area contributed by atoms with Crippen LogP contribution in [0, 0.1) is 5.92 Å². The number of allylic oxidation sites excluding steroid dienone is 1. The first kappa shape index (κ1) is 31.3. The second kappa shape index (κ2) is 11.6. The highest BCUT2D eigenvalue weighted by atomic mass is 14.4. The maximum absolute atomic E-state index is 2.52. The molecule has 2 aliphatic rings. The molecule has 9 aromatic rings. The molecule has 0 heterocycles. The molecule has 1 atom stereocenters. The van der Waals surface area contributed by atoms with Gasteiger partial charge >= 0.3 is 0 Å². The fourth-order valence-corrected chi connectivity index (χ4v) is 10.1. The molecule has 0 nitrogen and oxygen atoms in total. The summed E-state index contributed by atoms with van der Waals surface area (Å²) in [7, 11) is 0. The predicted octanol–water partition coefficient (Wildman–Crippen LogP) is 14.8. The van der Waals surface area contributed by atoms with Crippen molar-refractivity contribution in [2.24, 2.45) is 5.92 Å². The van der Waals surface area contributed by atoms with Crippen LogP contribution in [0.1, 0.15) is 43.0 Å². The van der Waals surface area contributed by atoms with E-state index in [0.717, 1.165) is 6.42 Å². The van der Waals surface area contributed by atoms with E-state index in [1.165, 1.54) is 110 Å². The smallest absolute Gasteiger partial charge is 0.0159 e. The molecule has 0 amide bonds. The monoisotopic (exact) mass is 688 g/mol. The minimum Gasteiger partial charge on any atom is -0.0807 e. The van der Waals surface area contributed by atoms with E-state index in [4.69, 9.17) is 0 Å². The van der Waals surface area contributed by atoms with Crippen LogP contribution in [0.5, 0.6) is 0 Å². The Bertz CT molecular complexity index is 3000. The van der Waals surface area contributed by atoms with Gasteiger partial charge in [-0.2, -0.15) is 0 Å². The number of hydrogen-bond acceptors (Lipinski definition) is 0. The minimum atomic E-state index is -0.0600. The van der Waals surface area contributed by atoms with Crippen molar-refractivity contribution < 1.29 is 0 Å². The first-order valence-electron chi connectivity index (χ1n) is 19.4. The minimum absolute atomic E-state index is 0.0600. The largest absolute Gasteiger partial charge is 0.0807 e. The molecule has 0 fully saturated rings. The summed E-state index contributed by atoms with van der Waals surface area (Å²) >= 11 is 0. The first-order valence-corrected chi connectivity index (χ1v) is 19.4. The lowest BCUT2D eigenvalue weighted by Crippen LogP contribution is -2.15. The maximum Gasteiger partial charge on any atom is 0.0159 e. The molecule has 2 aliphatic carbocycles. The highest BCUT2D eigenvalue weighted by Gasteiger charge is 2.36. The molecule has 256 valence electrons. The van der Waals surface area contributed by atoms with Gasteiger partial charge in [0.1, 0.15) is 0 Å². The zero-order valence-corrected chi connectivity index (χ0v) is 31.0. The Kier molecular flexibility index (Phi) is 6.74. The Balaban J connectivity index is 1.23. The third-order valence-electron chi connectivity index (χ3n) is 12.6. The number of fused-ring (bicyclic) bond motifs is 8. The summed E-state index contributed by atoms with van der Waals surface area (Å²) < 4.78 is 0. The summed E-state index contributed by atoms with van der Waals surface area (Å²) in [5, 5.41) is 10.3. The molecule has 54 heavy (non-hydrogen) atoms. The molecule has 0 bridgehead atoms. The SMILES string of the molecule is CC1C=Cc2c(c(-c3ccc4c(c3)C(C)(C)c3ccccc3-4)c3ccccc3c2-c2c3ccccc3c(-c3ccc4ccccc4c3)c3ccccc23)C1. The lowest BCUT2D eigenvalue weighted by Gasteiger charge is -2.28. The van der Waals surface area contributed by atoms with Crippen LogP contribution in [0.4, 0.5) is 0 Å². The Hall–Kier alpha value is -6.24. The molecule has 9 aromatic carbocycles. The van der Waals surface area contributed by atoms with E-state index in [-0.39, 0.29) is 5.41 Å². The van der Waals surface area contributed by atoms with Gasteiger partial charge in [-0.3, -0.25) is 0 Å². The van der Waals surface area contributed by atoms with E-state index < -0.39 is 0 Å². The van der Waals surface area contributed by atoms with Crippen LogP contribution in [0.3, 0.4) is 0 Å². The molecular weight excluding hydrogens is 649 g/mol. The Morgan fingerprint density at radius 3 is 1.67 bits per heavy atom. The Morgan fingerprint density at radius 1 is 0.444 bits per heavy atom. The van der Waals surface area contributed by atoms with Gasteiger partial charge in [0, 0.05) is 5.41 Å². The molecule has 0 saturated carbocycles. The van der Waals surface area contributed by atoms with Gasteiger partial charge < -0.3 is 0 Å². The molecule has 0 radical (unpaired) electrons. The zero-order valence-electron chi connectivity index (χ0n) is 31.0. The predicted molar refractivity (Wildman–Crippen MR) is 232 cm³/mol. The van der Waals surface area contributed by atoms with Crippen molar-refractivity contribution in [3.63, 3.8) is 0 Å². The number of rotatable bonds is 3. The second-order valence-electron chi connectivity index (χ2n) is 16.1. The highest BCUT2D eigenvalue weighted by Crippen LogP contribution is 2.53. The van der Waals surface area contributed by atoms with Crippen LogP contribution >= 0.6 is 0 Å². The van der Waals surface area contributed by atoms with Gasteiger partial charge in [-0.05, 0) is 134 Å². The van der Waals surface area contributed by atoms with Crippen LogP contribution in [-0.4, -0.2) is 0 Å². The molecular formula is C54H40. The van der Waals surface area contributed by atoms with Crippen LogP contribution < -0.4 is 0 Å². The fourth-order valence-electron chi connectivity index (χ4n) is 10.1. The van der Waals surface area contributed by atoms with E-state index in [9.17, 15) is 0 Å².